The van der Waals surface area contributed by atoms with Crippen molar-refractivity contribution in [2.24, 2.45) is 0 Å². The normalized spacial score (nSPS) is 12.2. The number of carbonyl (C=O) groups is 1. The van der Waals surface area contributed by atoms with Crippen LogP contribution in [-0.2, 0) is 6.42 Å². The molecule has 1 amide bonds. The van der Waals surface area contributed by atoms with Gasteiger partial charge in [0.25, 0.3) is 5.91 Å². The SMILES string of the molecule is CCc1ncncc1C(=O)NC[C@@H](c1c(F)cccc1F)N(C)C. The van der Waals surface area contributed by atoms with Crippen LogP contribution in [0, 0.1) is 11.6 Å². The van der Waals surface area contributed by atoms with Crippen molar-refractivity contribution in [3.63, 3.8) is 0 Å². The number of aryl methyl sites for hydroxylation is 1. The third-order valence-corrected chi connectivity index (χ3v) is 3.79. The van der Waals surface area contributed by atoms with Crippen LogP contribution in [-0.4, -0.2) is 41.4 Å². The average Bonchev–Trinajstić information content (AvgIpc) is 2.56. The van der Waals surface area contributed by atoms with Gasteiger partial charge in [-0.05, 0) is 32.6 Å². The van der Waals surface area contributed by atoms with Crippen LogP contribution >= 0.6 is 0 Å². The van der Waals surface area contributed by atoms with E-state index in [9.17, 15) is 13.6 Å². The zero-order valence-electron chi connectivity index (χ0n) is 13.9. The number of nitrogens with zero attached hydrogens (tertiary/aromatic N) is 3. The van der Waals surface area contributed by atoms with E-state index in [4.69, 9.17) is 0 Å². The van der Waals surface area contributed by atoms with Crippen molar-refractivity contribution in [1.29, 1.82) is 0 Å². The molecule has 0 aliphatic carbocycles. The summed E-state index contributed by atoms with van der Waals surface area (Å²) in [7, 11) is 3.40. The van der Waals surface area contributed by atoms with Crippen molar-refractivity contribution in [2.75, 3.05) is 20.6 Å². The molecule has 1 heterocycles. The van der Waals surface area contributed by atoms with Crippen molar-refractivity contribution in [3.05, 3.63) is 59.2 Å². The molecule has 0 aliphatic rings. The lowest BCUT2D eigenvalue weighted by Crippen LogP contribution is -2.36. The third-order valence-electron chi connectivity index (χ3n) is 3.79. The maximum atomic E-state index is 14.0. The van der Waals surface area contributed by atoms with Gasteiger partial charge in [-0.1, -0.05) is 13.0 Å². The lowest BCUT2D eigenvalue weighted by Gasteiger charge is -2.26. The molecule has 0 aliphatic heterocycles. The molecule has 0 radical (unpaired) electrons. The summed E-state index contributed by atoms with van der Waals surface area (Å²) in [4.78, 5) is 21.9. The van der Waals surface area contributed by atoms with Crippen LogP contribution < -0.4 is 5.32 Å². The van der Waals surface area contributed by atoms with Crippen LogP contribution in [0.4, 0.5) is 8.78 Å². The molecule has 0 bridgehead atoms. The highest BCUT2D eigenvalue weighted by Crippen LogP contribution is 2.24. The minimum atomic E-state index is -0.639. The summed E-state index contributed by atoms with van der Waals surface area (Å²) in [6.45, 7) is 1.94. The Morgan fingerprint density at radius 3 is 2.54 bits per heavy atom. The number of likely N-dealkylation sites (N-methyl/N-ethyl adjacent to an activating group) is 1. The fourth-order valence-corrected chi connectivity index (χ4v) is 2.48. The molecule has 2 rings (SSSR count). The molecule has 7 heteroatoms. The van der Waals surface area contributed by atoms with Gasteiger partial charge in [0.05, 0.1) is 17.3 Å². The van der Waals surface area contributed by atoms with E-state index in [1.54, 1.807) is 19.0 Å². The van der Waals surface area contributed by atoms with Gasteiger partial charge >= 0.3 is 0 Å². The van der Waals surface area contributed by atoms with Gasteiger partial charge in [-0.3, -0.25) is 4.79 Å². The van der Waals surface area contributed by atoms with Crippen LogP contribution in [0.15, 0.2) is 30.7 Å². The third kappa shape index (κ3) is 3.91. The Morgan fingerprint density at radius 2 is 1.96 bits per heavy atom. The van der Waals surface area contributed by atoms with Crippen molar-refractivity contribution in [1.82, 2.24) is 20.2 Å². The van der Waals surface area contributed by atoms with E-state index in [1.165, 1.54) is 30.7 Å². The van der Waals surface area contributed by atoms with Crippen LogP contribution in [0.25, 0.3) is 0 Å². The Morgan fingerprint density at radius 1 is 1.29 bits per heavy atom. The largest absolute Gasteiger partial charge is 0.350 e. The Bertz CT molecular complexity index is 701. The Hall–Kier alpha value is -2.41. The summed E-state index contributed by atoms with van der Waals surface area (Å²) in [5.41, 5.74) is 0.926. The number of hydrogen-bond donors (Lipinski definition) is 1. The zero-order valence-corrected chi connectivity index (χ0v) is 13.9. The molecule has 0 spiro atoms. The molecule has 128 valence electrons. The summed E-state index contributed by atoms with van der Waals surface area (Å²) < 4.78 is 28.1. The van der Waals surface area contributed by atoms with Gasteiger partial charge in [0, 0.05) is 18.3 Å². The fraction of sp³-hybridized carbons (Fsp3) is 0.353. The topological polar surface area (TPSA) is 58.1 Å². The van der Waals surface area contributed by atoms with E-state index in [2.05, 4.69) is 15.3 Å². The summed E-state index contributed by atoms with van der Waals surface area (Å²) >= 11 is 0. The van der Waals surface area contributed by atoms with Gasteiger partial charge in [0.2, 0.25) is 0 Å². The maximum absolute atomic E-state index is 14.0. The van der Waals surface area contributed by atoms with E-state index in [-0.39, 0.29) is 18.0 Å². The highest BCUT2D eigenvalue weighted by molar-refractivity contribution is 5.94. The molecule has 0 fully saturated rings. The standard InChI is InChI=1S/C17H20F2N4O/c1-4-14-11(8-20-10-22-14)17(24)21-9-15(23(2)3)16-12(18)6-5-7-13(16)19/h5-8,10,15H,4,9H2,1-3H3,(H,21,24)/t15-/m0/s1. The van der Waals surface area contributed by atoms with Crippen LogP contribution in [0.3, 0.4) is 0 Å². The van der Waals surface area contributed by atoms with Crippen LogP contribution in [0.5, 0.6) is 0 Å². The Kier molecular flexibility index (Phi) is 5.92. The number of hydrogen-bond acceptors (Lipinski definition) is 4. The monoisotopic (exact) mass is 334 g/mol. The summed E-state index contributed by atoms with van der Waals surface area (Å²) in [6.07, 6.45) is 3.41. The first-order chi connectivity index (χ1) is 11.5. The summed E-state index contributed by atoms with van der Waals surface area (Å²) in [5.74, 6) is -1.64. The van der Waals surface area contributed by atoms with E-state index >= 15 is 0 Å². The molecular formula is C17H20F2N4O. The number of carbonyl (C=O) groups excluding carboxylic acids is 1. The quantitative estimate of drug-likeness (QED) is 0.881. The number of benzene rings is 1. The van der Waals surface area contributed by atoms with Gasteiger partial charge in [0.15, 0.2) is 0 Å². The first-order valence-electron chi connectivity index (χ1n) is 7.63. The van der Waals surface area contributed by atoms with E-state index < -0.39 is 17.7 Å². The fourth-order valence-electron chi connectivity index (χ4n) is 2.48. The van der Waals surface area contributed by atoms with E-state index in [0.29, 0.717) is 17.7 Å². The predicted octanol–water partition coefficient (Wildman–Crippen LogP) is 2.35. The second kappa shape index (κ2) is 7.92. The van der Waals surface area contributed by atoms with Crippen molar-refractivity contribution < 1.29 is 13.6 Å². The van der Waals surface area contributed by atoms with Gasteiger partial charge in [0.1, 0.15) is 18.0 Å². The zero-order chi connectivity index (χ0) is 17.7. The number of nitrogens with one attached hydrogen (secondary N) is 1. The van der Waals surface area contributed by atoms with Gasteiger partial charge in [-0.25, -0.2) is 18.7 Å². The molecule has 2 aromatic rings. The van der Waals surface area contributed by atoms with Gasteiger partial charge in [-0.15, -0.1) is 0 Å². The smallest absolute Gasteiger partial charge is 0.254 e. The van der Waals surface area contributed by atoms with Gasteiger partial charge in [-0.2, -0.15) is 0 Å². The molecule has 1 aromatic carbocycles. The molecule has 5 nitrogen and oxygen atoms in total. The minimum Gasteiger partial charge on any atom is -0.350 e. The molecule has 0 saturated heterocycles. The molecular weight excluding hydrogens is 314 g/mol. The van der Waals surface area contributed by atoms with Crippen LogP contribution in [0.1, 0.15) is 34.6 Å². The van der Waals surface area contributed by atoms with Crippen LogP contribution in [0.2, 0.25) is 0 Å². The molecule has 24 heavy (non-hydrogen) atoms. The molecule has 0 saturated carbocycles. The lowest BCUT2D eigenvalue weighted by molar-refractivity contribution is 0.0939. The molecule has 1 atom stereocenters. The number of amides is 1. The lowest BCUT2D eigenvalue weighted by atomic mass is 10.0. The van der Waals surface area contributed by atoms with Crippen molar-refractivity contribution in [2.45, 2.75) is 19.4 Å². The number of rotatable bonds is 6. The van der Waals surface area contributed by atoms with E-state index in [0.717, 1.165) is 0 Å². The minimum absolute atomic E-state index is 0.0573. The highest BCUT2D eigenvalue weighted by atomic mass is 19.1. The summed E-state index contributed by atoms with van der Waals surface area (Å²) in [6, 6.07) is 3.09. The average molecular weight is 334 g/mol. The highest BCUT2D eigenvalue weighted by Gasteiger charge is 2.23. The number of aromatic nitrogens is 2. The molecule has 1 aromatic heterocycles. The van der Waals surface area contributed by atoms with Crippen molar-refractivity contribution >= 4 is 5.91 Å². The van der Waals surface area contributed by atoms with Gasteiger partial charge < -0.3 is 10.2 Å². The maximum Gasteiger partial charge on any atom is 0.254 e. The Labute approximate surface area is 139 Å². The second-order valence-electron chi connectivity index (χ2n) is 5.56. The predicted molar refractivity (Wildman–Crippen MR) is 86.5 cm³/mol. The first kappa shape index (κ1) is 17.9. The van der Waals surface area contributed by atoms with E-state index in [1.807, 2.05) is 6.92 Å². The second-order valence-corrected chi connectivity index (χ2v) is 5.56. The first-order valence-corrected chi connectivity index (χ1v) is 7.63. The molecule has 0 unspecified atom stereocenters. The number of halogens is 2. The molecule has 1 N–H and O–H groups in total. The summed E-state index contributed by atoms with van der Waals surface area (Å²) in [5, 5.41) is 2.71. The Balaban J connectivity index is 2.19. The van der Waals surface area contributed by atoms with Crippen molar-refractivity contribution in [3.8, 4) is 0 Å².